The van der Waals surface area contributed by atoms with Crippen molar-refractivity contribution in [3.05, 3.63) is 36.4 Å². The van der Waals surface area contributed by atoms with Gasteiger partial charge in [-0.3, -0.25) is 0 Å². The van der Waals surface area contributed by atoms with Crippen molar-refractivity contribution in [3.8, 4) is 0 Å². The Kier molecular flexibility index (Phi) is 34.8. The highest BCUT2D eigenvalue weighted by atomic mass is 31.0. The van der Waals surface area contributed by atoms with E-state index in [1.807, 2.05) is 64.1 Å². The predicted octanol–water partition coefficient (Wildman–Crippen LogP) is 3.80. The lowest BCUT2D eigenvalue weighted by molar-refractivity contribution is 1.50. The van der Waals surface area contributed by atoms with Crippen LogP contribution in [0.25, 0.3) is 0 Å². The van der Waals surface area contributed by atoms with E-state index < -0.39 is 0 Å². The predicted molar refractivity (Wildman–Crippen MR) is 60.2 cm³/mol. The number of rotatable bonds is 0. The molecule has 0 spiro atoms. The second kappa shape index (κ2) is 22.6. The van der Waals surface area contributed by atoms with Gasteiger partial charge in [-0.05, 0) is 0 Å². The minimum Gasteiger partial charge on any atom is -0.153 e. The fourth-order valence-corrected chi connectivity index (χ4v) is 0.385. The van der Waals surface area contributed by atoms with Crippen LogP contribution < -0.4 is 0 Å². The Bertz CT molecular complexity index is 76.8. The van der Waals surface area contributed by atoms with Crippen LogP contribution in [-0.2, 0) is 0 Å². The van der Waals surface area contributed by atoms with Crippen molar-refractivity contribution in [2.75, 3.05) is 0 Å². The van der Waals surface area contributed by atoms with Crippen LogP contribution in [0.1, 0.15) is 27.7 Å². The zero-order valence-corrected chi connectivity index (χ0v) is 9.59. The number of benzene rings is 1. The Hall–Kier alpha value is -0.350. The summed E-state index contributed by atoms with van der Waals surface area (Å²) in [6.45, 7) is 8.00. The lowest BCUT2D eigenvalue weighted by Crippen LogP contribution is -1.47. The van der Waals surface area contributed by atoms with Crippen LogP contribution in [-0.4, -0.2) is 0 Å². The van der Waals surface area contributed by atoms with E-state index in [0.29, 0.717) is 0 Å². The van der Waals surface area contributed by atoms with E-state index in [1.165, 1.54) is 0 Å². The molecule has 1 aromatic rings. The van der Waals surface area contributed by atoms with Gasteiger partial charge < -0.3 is 0 Å². The molecule has 0 radical (unpaired) electrons. The molecule has 0 N–H and O–H groups in total. The highest BCUT2D eigenvalue weighted by Crippen LogP contribution is 1.79. The van der Waals surface area contributed by atoms with Crippen molar-refractivity contribution in [1.82, 2.24) is 0 Å². The first-order valence-electron chi connectivity index (χ1n) is 4.00. The molecule has 0 aliphatic heterocycles. The average molecular weight is 172 g/mol. The summed E-state index contributed by atoms with van der Waals surface area (Å²) in [4.78, 5) is 0. The maximum Gasteiger partial charge on any atom is -0.0623 e. The summed E-state index contributed by atoms with van der Waals surface area (Å²) in [7, 11) is 0. The molecule has 0 heterocycles. The third-order valence-electron chi connectivity index (χ3n) is 0.667. The minimum absolute atomic E-state index is 0. The molecular formula is C10H21P. The lowest BCUT2D eigenvalue weighted by Gasteiger charge is -1.69. The Labute approximate surface area is 74.7 Å². The van der Waals surface area contributed by atoms with Crippen LogP contribution in [0.15, 0.2) is 36.4 Å². The van der Waals surface area contributed by atoms with Crippen molar-refractivity contribution in [3.63, 3.8) is 0 Å². The SMILES string of the molecule is CC.CC.P.c1ccccc1. The van der Waals surface area contributed by atoms with Crippen molar-refractivity contribution < 1.29 is 0 Å². The molecule has 11 heavy (non-hydrogen) atoms. The third-order valence-corrected chi connectivity index (χ3v) is 0.667. The fourth-order valence-electron chi connectivity index (χ4n) is 0.385. The van der Waals surface area contributed by atoms with Gasteiger partial charge in [-0.25, -0.2) is 0 Å². The quantitative estimate of drug-likeness (QED) is 0.522. The first kappa shape index (κ1) is 16.9. The van der Waals surface area contributed by atoms with E-state index in [4.69, 9.17) is 0 Å². The van der Waals surface area contributed by atoms with Gasteiger partial charge in [-0.2, -0.15) is 9.90 Å². The molecule has 0 aromatic heterocycles. The van der Waals surface area contributed by atoms with Gasteiger partial charge in [0.2, 0.25) is 0 Å². The molecule has 0 saturated carbocycles. The molecule has 0 aliphatic carbocycles. The highest BCUT2D eigenvalue weighted by molar-refractivity contribution is 6.92. The van der Waals surface area contributed by atoms with E-state index in [0.717, 1.165) is 0 Å². The van der Waals surface area contributed by atoms with Crippen LogP contribution in [0.2, 0.25) is 0 Å². The van der Waals surface area contributed by atoms with E-state index in [-0.39, 0.29) is 9.90 Å². The maximum absolute atomic E-state index is 2.00. The van der Waals surface area contributed by atoms with Gasteiger partial charge in [0.05, 0.1) is 0 Å². The van der Waals surface area contributed by atoms with Crippen molar-refractivity contribution >= 4 is 9.90 Å². The maximum atomic E-state index is 2.00. The first-order chi connectivity index (χ1) is 5.00. The van der Waals surface area contributed by atoms with Gasteiger partial charge in [-0.15, -0.1) is 0 Å². The van der Waals surface area contributed by atoms with E-state index in [9.17, 15) is 0 Å². The summed E-state index contributed by atoms with van der Waals surface area (Å²) in [5.41, 5.74) is 0. The monoisotopic (exact) mass is 172 g/mol. The summed E-state index contributed by atoms with van der Waals surface area (Å²) in [6, 6.07) is 12.0. The summed E-state index contributed by atoms with van der Waals surface area (Å²) in [6.07, 6.45) is 0. The molecule has 66 valence electrons. The summed E-state index contributed by atoms with van der Waals surface area (Å²) < 4.78 is 0. The molecule has 1 heteroatoms. The molecule has 0 amide bonds. The zero-order valence-electron chi connectivity index (χ0n) is 8.17. The average Bonchev–Trinajstić information content (AvgIpc) is 2.14. The molecule has 0 aliphatic rings. The fraction of sp³-hybridized carbons (Fsp3) is 0.400. The zero-order chi connectivity index (χ0) is 8.24. The Morgan fingerprint density at radius 3 is 0.636 bits per heavy atom. The van der Waals surface area contributed by atoms with Gasteiger partial charge in [-0.1, -0.05) is 64.1 Å². The molecule has 1 atom stereocenters. The second-order valence-corrected chi connectivity index (χ2v) is 1.15. The van der Waals surface area contributed by atoms with Crippen molar-refractivity contribution in [1.29, 1.82) is 0 Å². The third kappa shape index (κ3) is 17.7. The lowest BCUT2D eigenvalue weighted by atomic mass is 10.4. The van der Waals surface area contributed by atoms with E-state index in [2.05, 4.69) is 0 Å². The van der Waals surface area contributed by atoms with Crippen molar-refractivity contribution in [2.45, 2.75) is 27.7 Å². The normalized spacial score (nSPS) is 5.45. The van der Waals surface area contributed by atoms with Gasteiger partial charge in [0.1, 0.15) is 0 Å². The highest BCUT2D eigenvalue weighted by Gasteiger charge is 1.57. The Balaban J connectivity index is -0.000000114. The van der Waals surface area contributed by atoms with Gasteiger partial charge >= 0.3 is 0 Å². The smallest absolute Gasteiger partial charge is 0.0623 e. The minimum atomic E-state index is 0. The van der Waals surface area contributed by atoms with E-state index in [1.54, 1.807) is 0 Å². The second-order valence-electron chi connectivity index (χ2n) is 1.15. The summed E-state index contributed by atoms with van der Waals surface area (Å²) >= 11 is 0. The van der Waals surface area contributed by atoms with Gasteiger partial charge in [0.25, 0.3) is 0 Å². The molecule has 0 bridgehead atoms. The topological polar surface area (TPSA) is 0 Å². The Morgan fingerprint density at radius 2 is 0.545 bits per heavy atom. The number of hydrogen-bond donors (Lipinski definition) is 0. The number of hydrogen-bond acceptors (Lipinski definition) is 0. The van der Waals surface area contributed by atoms with Crippen LogP contribution in [0, 0.1) is 0 Å². The molecule has 1 rings (SSSR count). The van der Waals surface area contributed by atoms with Gasteiger partial charge in [0, 0.05) is 0 Å². The summed E-state index contributed by atoms with van der Waals surface area (Å²) in [5.74, 6) is 0. The van der Waals surface area contributed by atoms with Crippen molar-refractivity contribution in [2.24, 2.45) is 0 Å². The van der Waals surface area contributed by atoms with Crippen LogP contribution in [0.4, 0.5) is 0 Å². The van der Waals surface area contributed by atoms with Crippen LogP contribution in [0.5, 0.6) is 0 Å². The molecule has 1 aromatic carbocycles. The largest absolute Gasteiger partial charge is 0.153 e. The van der Waals surface area contributed by atoms with Crippen LogP contribution >= 0.6 is 9.90 Å². The molecule has 1 unspecified atom stereocenters. The first-order valence-corrected chi connectivity index (χ1v) is 4.00. The molecule has 0 nitrogen and oxygen atoms in total. The Morgan fingerprint density at radius 1 is 0.455 bits per heavy atom. The molecule has 0 fully saturated rings. The summed E-state index contributed by atoms with van der Waals surface area (Å²) in [5, 5.41) is 0. The standard InChI is InChI=1S/C6H6.2C2H6.H3P/c1-2-4-6-5-3-1;2*1-2;/h1-6H;2*1-2H3;1H3. The van der Waals surface area contributed by atoms with Gasteiger partial charge in [0.15, 0.2) is 0 Å². The van der Waals surface area contributed by atoms with Crippen LogP contribution in [0.3, 0.4) is 0 Å². The molecular weight excluding hydrogens is 151 g/mol. The van der Waals surface area contributed by atoms with E-state index >= 15 is 0 Å². The molecule has 0 saturated heterocycles.